The molecular formula is C21H25N5O3S2. The van der Waals surface area contributed by atoms with E-state index in [0.29, 0.717) is 12.5 Å². The maximum atomic E-state index is 13.0. The highest BCUT2D eigenvalue weighted by Crippen LogP contribution is 2.43. The number of fused-ring (bicyclic) bond motifs is 1. The monoisotopic (exact) mass is 459 g/mol. The Morgan fingerprint density at radius 3 is 2.74 bits per heavy atom. The number of hydrogen-bond donors (Lipinski definition) is 1. The van der Waals surface area contributed by atoms with E-state index in [9.17, 15) is 13.2 Å². The van der Waals surface area contributed by atoms with Gasteiger partial charge >= 0.3 is 0 Å². The van der Waals surface area contributed by atoms with Crippen LogP contribution < -0.4 is 0 Å². The van der Waals surface area contributed by atoms with Gasteiger partial charge in [0.15, 0.2) is 20.8 Å². The molecule has 1 amide bonds. The number of nitrogens with one attached hydrogen (secondary N) is 1. The molecule has 164 valence electrons. The van der Waals surface area contributed by atoms with E-state index in [1.54, 1.807) is 11.9 Å². The molecule has 1 saturated heterocycles. The summed E-state index contributed by atoms with van der Waals surface area (Å²) in [5.41, 5.74) is 2.06. The average Bonchev–Trinajstić information content (AvgIpc) is 3.19. The minimum absolute atomic E-state index is 0.0512. The van der Waals surface area contributed by atoms with Gasteiger partial charge in [-0.3, -0.25) is 9.36 Å². The normalized spacial score (nSPS) is 21.4. The fraction of sp³-hybridized carbons (Fsp3) is 0.476. The van der Waals surface area contributed by atoms with Crippen molar-refractivity contribution in [3.63, 3.8) is 0 Å². The van der Waals surface area contributed by atoms with E-state index in [-0.39, 0.29) is 28.7 Å². The molecular weight excluding hydrogens is 434 g/mol. The minimum Gasteiger partial charge on any atom is -0.360 e. The number of rotatable bonds is 6. The number of para-hydroxylation sites is 1. The highest BCUT2D eigenvalue weighted by molar-refractivity contribution is 8.00. The van der Waals surface area contributed by atoms with Gasteiger partial charge in [0, 0.05) is 41.8 Å². The number of thioether (sulfide) groups is 1. The Morgan fingerprint density at radius 1 is 1.26 bits per heavy atom. The zero-order chi connectivity index (χ0) is 21.8. The Balaban J connectivity index is 1.39. The second-order valence-corrected chi connectivity index (χ2v) is 12.0. The predicted octanol–water partition coefficient (Wildman–Crippen LogP) is 2.89. The summed E-state index contributed by atoms with van der Waals surface area (Å²) >= 11 is 1.40. The standard InChI is InChI=1S/C21H25N5O3S2/c1-13(20(27)25(2)15-9-10-31(28,29)12-15)30-21-24-23-19(26(21)14-7-8-14)17-11-22-18-6-4-3-5-16(17)18/h3-6,11,13-15,22H,7-10,12H2,1-2H3. The topological polar surface area (TPSA) is 101 Å². The molecule has 2 aliphatic rings. The smallest absolute Gasteiger partial charge is 0.235 e. The first-order valence-corrected chi connectivity index (χ1v) is 13.2. The van der Waals surface area contributed by atoms with Crippen LogP contribution in [0.15, 0.2) is 35.6 Å². The Morgan fingerprint density at radius 2 is 2.03 bits per heavy atom. The van der Waals surface area contributed by atoms with Crippen LogP contribution in [-0.2, 0) is 14.6 Å². The fourth-order valence-electron chi connectivity index (χ4n) is 4.22. The fourth-order valence-corrected chi connectivity index (χ4v) is 7.01. The molecule has 3 aromatic rings. The third kappa shape index (κ3) is 3.87. The molecule has 1 saturated carbocycles. The second-order valence-electron chi connectivity index (χ2n) is 8.42. The van der Waals surface area contributed by atoms with Gasteiger partial charge in [-0.15, -0.1) is 10.2 Å². The number of aromatic amines is 1. The molecule has 1 aromatic carbocycles. The molecule has 2 aromatic heterocycles. The number of H-pyrrole nitrogens is 1. The minimum atomic E-state index is -3.04. The number of aromatic nitrogens is 4. The van der Waals surface area contributed by atoms with Gasteiger partial charge in [0.2, 0.25) is 5.91 Å². The van der Waals surface area contributed by atoms with Crippen LogP contribution >= 0.6 is 11.8 Å². The average molecular weight is 460 g/mol. The molecule has 10 heteroatoms. The lowest BCUT2D eigenvalue weighted by Gasteiger charge is -2.26. The van der Waals surface area contributed by atoms with E-state index in [1.807, 2.05) is 31.3 Å². The van der Waals surface area contributed by atoms with Crippen molar-refractivity contribution < 1.29 is 13.2 Å². The molecule has 0 spiro atoms. The SMILES string of the molecule is CC(Sc1nnc(-c2c[nH]c3ccccc23)n1C1CC1)C(=O)N(C)C1CCS(=O)(=O)C1. The van der Waals surface area contributed by atoms with Crippen molar-refractivity contribution in [3.8, 4) is 11.4 Å². The molecule has 1 N–H and O–H groups in total. The first-order valence-electron chi connectivity index (χ1n) is 10.5. The molecule has 1 aliphatic heterocycles. The number of carbonyl (C=O) groups excluding carboxylic acids is 1. The molecule has 5 rings (SSSR count). The maximum Gasteiger partial charge on any atom is 0.235 e. The summed E-state index contributed by atoms with van der Waals surface area (Å²) in [5.74, 6) is 0.944. The largest absolute Gasteiger partial charge is 0.360 e. The molecule has 1 aliphatic carbocycles. The highest BCUT2D eigenvalue weighted by atomic mass is 32.2. The molecule has 2 atom stereocenters. The van der Waals surface area contributed by atoms with E-state index < -0.39 is 9.84 Å². The first kappa shape index (κ1) is 20.6. The number of nitrogens with zero attached hydrogens (tertiary/aromatic N) is 4. The van der Waals surface area contributed by atoms with E-state index in [2.05, 4.69) is 25.8 Å². The van der Waals surface area contributed by atoms with Crippen molar-refractivity contribution in [1.82, 2.24) is 24.6 Å². The number of sulfone groups is 1. The van der Waals surface area contributed by atoms with E-state index in [4.69, 9.17) is 0 Å². The zero-order valence-electron chi connectivity index (χ0n) is 17.5. The van der Waals surface area contributed by atoms with Gasteiger partial charge in [0.25, 0.3) is 0 Å². The summed E-state index contributed by atoms with van der Waals surface area (Å²) in [6.45, 7) is 1.85. The van der Waals surface area contributed by atoms with Crippen LogP contribution in [0.25, 0.3) is 22.3 Å². The number of carbonyl (C=O) groups is 1. The van der Waals surface area contributed by atoms with Crippen molar-refractivity contribution in [2.45, 2.75) is 48.7 Å². The lowest BCUT2D eigenvalue weighted by Crippen LogP contribution is -2.41. The third-order valence-corrected chi connectivity index (χ3v) is 8.94. The van der Waals surface area contributed by atoms with Gasteiger partial charge in [-0.25, -0.2) is 8.42 Å². The second kappa shape index (κ2) is 7.67. The number of amides is 1. The van der Waals surface area contributed by atoms with Gasteiger partial charge in [0.05, 0.1) is 16.8 Å². The quantitative estimate of drug-likeness (QED) is 0.569. The molecule has 2 unspecified atom stereocenters. The van der Waals surface area contributed by atoms with Gasteiger partial charge in [0.1, 0.15) is 0 Å². The van der Waals surface area contributed by atoms with Crippen molar-refractivity contribution in [2.24, 2.45) is 0 Å². The summed E-state index contributed by atoms with van der Waals surface area (Å²) in [6, 6.07) is 8.20. The van der Waals surface area contributed by atoms with Gasteiger partial charge in [-0.2, -0.15) is 0 Å². The molecule has 8 nitrogen and oxygen atoms in total. The molecule has 0 radical (unpaired) electrons. The summed E-state index contributed by atoms with van der Waals surface area (Å²) < 4.78 is 25.7. The Bertz CT molecular complexity index is 1240. The first-order chi connectivity index (χ1) is 14.8. The molecule has 3 heterocycles. The van der Waals surface area contributed by atoms with Crippen LogP contribution in [-0.4, -0.2) is 68.8 Å². The highest BCUT2D eigenvalue weighted by Gasteiger charge is 2.36. The Kier molecular flexibility index (Phi) is 5.09. The lowest BCUT2D eigenvalue weighted by molar-refractivity contribution is -0.130. The van der Waals surface area contributed by atoms with E-state index >= 15 is 0 Å². The predicted molar refractivity (Wildman–Crippen MR) is 121 cm³/mol. The van der Waals surface area contributed by atoms with Crippen LogP contribution in [0.3, 0.4) is 0 Å². The van der Waals surface area contributed by atoms with E-state index in [0.717, 1.165) is 40.3 Å². The van der Waals surface area contributed by atoms with Crippen molar-refractivity contribution in [3.05, 3.63) is 30.5 Å². The molecule has 0 bridgehead atoms. The Labute approximate surface area is 185 Å². The van der Waals surface area contributed by atoms with Crippen LogP contribution in [0.4, 0.5) is 0 Å². The van der Waals surface area contributed by atoms with Gasteiger partial charge in [-0.1, -0.05) is 30.0 Å². The third-order valence-electron chi connectivity index (χ3n) is 6.14. The summed E-state index contributed by atoms with van der Waals surface area (Å²) in [5, 5.41) is 10.4. The van der Waals surface area contributed by atoms with E-state index in [1.165, 1.54) is 11.8 Å². The summed E-state index contributed by atoms with van der Waals surface area (Å²) in [7, 11) is -1.34. The van der Waals surface area contributed by atoms with Gasteiger partial charge < -0.3 is 9.88 Å². The molecule has 31 heavy (non-hydrogen) atoms. The van der Waals surface area contributed by atoms with Crippen molar-refractivity contribution >= 4 is 38.4 Å². The number of benzene rings is 1. The van der Waals surface area contributed by atoms with Crippen LogP contribution in [0.2, 0.25) is 0 Å². The van der Waals surface area contributed by atoms with Crippen LogP contribution in [0, 0.1) is 0 Å². The Hall–Kier alpha value is -2.33. The van der Waals surface area contributed by atoms with Crippen LogP contribution in [0.5, 0.6) is 0 Å². The molecule has 2 fully saturated rings. The zero-order valence-corrected chi connectivity index (χ0v) is 19.1. The maximum absolute atomic E-state index is 13.0. The van der Waals surface area contributed by atoms with Crippen molar-refractivity contribution in [2.75, 3.05) is 18.6 Å². The van der Waals surface area contributed by atoms with Gasteiger partial charge in [-0.05, 0) is 32.3 Å². The lowest BCUT2D eigenvalue weighted by atomic mass is 10.1. The summed E-state index contributed by atoms with van der Waals surface area (Å²) in [4.78, 5) is 17.9. The summed E-state index contributed by atoms with van der Waals surface area (Å²) in [6.07, 6.45) is 4.61. The number of hydrogen-bond acceptors (Lipinski definition) is 6. The van der Waals surface area contributed by atoms with Crippen LogP contribution in [0.1, 0.15) is 32.2 Å². The van der Waals surface area contributed by atoms with Crippen molar-refractivity contribution in [1.29, 1.82) is 0 Å².